The zero-order valence-electron chi connectivity index (χ0n) is 33.5. The van der Waals surface area contributed by atoms with Crippen LogP contribution in [0.15, 0.2) is 194 Å². The van der Waals surface area contributed by atoms with Gasteiger partial charge in [-0.25, -0.2) is 9.97 Å². The molecule has 256 valence electrons. The minimum Gasteiger partial charge on any atom is -0.228 e. The van der Waals surface area contributed by atoms with Gasteiger partial charge in [0.15, 0.2) is 5.82 Å². The molecule has 2 heterocycles. The van der Waals surface area contributed by atoms with E-state index in [1.165, 1.54) is 25.7 Å². The molecular formula is C52H32N2S. The van der Waals surface area contributed by atoms with Crippen molar-refractivity contribution in [3.63, 3.8) is 0 Å². The summed E-state index contributed by atoms with van der Waals surface area (Å²) in [5.41, 5.74) is 5.91. The second kappa shape index (κ2) is 12.9. The molecule has 0 amide bonds. The molecular weight excluding hydrogens is 685 g/mol. The van der Waals surface area contributed by atoms with Gasteiger partial charge in [-0.05, 0) is 72.8 Å². The molecule has 9 aromatic carbocycles. The van der Waals surface area contributed by atoms with Crippen LogP contribution in [0.25, 0.3) is 109 Å². The Labute approximate surface area is 328 Å². The Hall–Kier alpha value is -6.94. The minimum absolute atomic E-state index is 0.118. The van der Waals surface area contributed by atoms with Gasteiger partial charge in [-0.15, -0.1) is 11.3 Å². The van der Waals surface area contributed by atoms with Gasteiger partial charge < -0.3 is 0 Å². The van der Waals surface area contributed by atoms with Crippen molar-refractivity contribution in [3.05, 3.63) is 194 Å². The first-order valence-electron chi connectivity index (χ1n) is 20.3. The first-order valence-corrected chi connectivity index (χ1v) is 19.1. The molecule has 0 bridgehead atoms. The number of nitrogens with zero attached hydrogens (tertiary/aromatic N) is 2. The van der Waals surface area contributed by atoms with Crippen LogP contribution in [0.1, 0.15) is 5.48 Å². The number of benzene rings is 9. The number of rotatable bonds is 5. The SMILES string of the molecule is [2H]c1c([2H])c(-c2c3ccccc3cc3c2ccc2ccccc23)c([2H])c([2H])c1-c1cc(-c2ccc(-c3cccc4c3sc3ccccc34)cc2)nc(-c2ccccc2)n1. The van der Waals surface area contributed by atoms with Crippen LogP contribution < -0.4 is 0 Å². The van der Waals surface area contributed by atoms with Crippen molar-refractivity contribution in [3.8, 4) is 56.2 Å². The Morgan fingerprint density at radius 3 is 1.84 bits per heavy atom. The van der Waals surface area contributed by atoms with Crippen LogP contribution in [0.5, 0.6) is 0 Å². The Morgan fingerprint density at radius 2 is 1.02 bits per heavy atom. The molecule has 11 aromatic rings. The van der Waals surface area contributed by atoms with Crippen LogP contribution in [0.2, 0.25) is 0 Å². The van der Waals surface area contributed by atoms with E-state index in [1.54, 1.807) is 17.4 Å². The van der Waals surface area contributed by atoms with Crippen LogP contribution in [0, 0.1) is 0 Å². The van der Waals surface area contributed by atoms with Crippen LogP contribution in [0.4, 0.5) is 0 Å². The minimum atomic E-state index is -0.154. The lowest BCUT2D eigenvalue weighted by atomic mass is 9.89. The molecule has 3 heteroatoms. The highest BCUT2D eigenvalue weighted by atomic mass is 32.1. The van der Waals surface area contributed by atoms with E-state index in [-0.39, 0.29) is 35.3 Å². The molecule has 0 aliphatic heterocycles. The number of hydrogen-bond acceptors (Lipinski definition) is 3. The van der Waals surface area contributed by atoms with Gasteiger partial charge in [0.1, 0.15) is 0 Å². The molecule has 0 N–H and O–H groups in total. The van der Waals surface area contributed by atoms with Gasteiger partial charge >= 0.3 is 0 Å². The maximum absolute atomic E-state index is 9.57. The summed E-state index contributed by atoms with van der Waals surface area (Å²) in [5.74, 6) is 0.435. The van der Waals surface area contributed by atoms with E-state index in [0.29, 0.717) is 22.8 Å². The Balaban J connectivity index is 1.09. The second-order valence-corrected chi connectivity index (χ2v) is 14.8. The fourth-order valence-corrected chi connectivity index (χ4v) is 9.13. The molecule has 0 aliphatic rings. The van der Waals surface area contributed by atoms with Crippen molar-refractivity contribution >= 4 is 63.8 Å². The normalized spacial score (nSPS) is 12.7. The Bertz CT molecular complexity index is 3460. The number of thiophene rings is 1. The molecule has 2 nitrogen and oxygen atoms in total. The van der Waals surface area contributed by atoms with E-state index >= 15 is 0 Å². The third kappa shape index (κ3) is 5.40. The molecule has 0 aliphatic carbocycles. The average molecular weight is 721 g/mol. The average Bonchev–Trinajstić information content (AvgIpc) is 3.67. The van der Waals surface area contributed by atoms with E-state index in [9.17, 15) is 5.48 Å². The zero-order valence-corrected chi connectivity index (χ0v) is 30.3. The second-order valence-electron chi connectivity index (χ2n) is 13.8. The van der Waals surface area contributed by atoms with Gasteiger partial charge in [0, 0.05) is 36.9 Å². The molecule has 0 atom stereocenters. The van der Waals surface area contributed by atoms with Crippen LogP contribution >= 0.6 is 11.3 Å². The van der Waals surface area contributed by atoms with Crippen molar-refractivity contribution in [1.82, 2.24) is 9.97 Å². The van der Waals surface area contributed by atoms with E-state index in [4.69, 9.17) is 9.97 Å². The molecule has 0 radical (unpaired) electrons. The Morgan fingerprint density at radius 1 is 0.382 bits per heavy atom. The standard InChI is InChI=1S/C52H32N2S/c1-2-12-38(13-3-1)52-53-47(35-23-21-34(22-24-35)42-18-10-19-45-43-17-8-9-20-49(43)55-51(42)45)32-48(54-52)36-25-27-37(28-26-36)50-41-16-7-5-14-39(41)31-46-40-15-6-4-11-33(40)29-30-44(46)50/h1-32H/i25D,26D,27D,28D. The van der Waals surface area contributed by atoms with Crippen LogP contribution in [0.3, 0.4) is 0 Å². The maximum atomic E-state index is 9.57. The zero-order chi connectivity index (χ0) is 39.8. The molecule has 2 aromatic heterocycles. The number of aromatic nitrogens is 2. The lowest BCUT2D eigenvalue weighted by Gasteiger charge is -2.15. The topological polar surface area (TPSA) is 25.8 Å². The van der Waals surface area contributed by atoms with Crippen LogP contribution in [-0.4, -0.2) is 9.97 Å². The third-order valence-corrected chi connectivity index (χ3v) is 11.8. The molecule has 11 rings (SSSR count). The molecule has 0 unspecified atom stereocenters. The van der Waals surface area contributed by atoms with Gasteiger partial charge in [0.25, 0.3) is 0 Å². The lowest BCUT2D eigenvalue weighted by Crippen LogP contribution is -1.96. The van der Waals surface area contributed by atoms with Crippen molar-refractivity contribution in [1.29, 1.82) is 0 Å². The largest absolute Gasteiger partial charge is 0.228 e. The van der Waals surface area contributed by atoms with Crippen molar-refractivity contribution in [2.24, 2.45) is 0 Å². The highest BCUT2D eigenvalue weighted by molar-refractivity contribution is 7.26. The summed E-state index contributed by atoms with van der Waals surface area (Å²) in [6.45, 7) is 0. The van der Waals surface area contributed by atoms with Crippen LogP contribution in [-0.2, 0) is 0 Å². The van der Waals surface area contributed by atoms with Crippen molar-refractivity contribution < 1.29 is 5.48 Å². The predicted octanol–water partition coefficient (Wildman–Crippen LogP) is 14.6. The summed E-state index contributed by atoms with van der Waals surface area (Å²) in [5, 5.41) is 8.36. The molecule has 0 fully saturated rings. The summed E-state index contributed by atoms with van der Waals surface area (Å²) in [6, 6.07) is 56.6. The quantitative estimate of drug-likeness (QED) is 0.131. The number of fused-ring (bicyclic) bond motifs is 7. The highest BCUT2D eigenvalue weighted by Crippen LogP contribution is 2.42. The van der Waals surface area contributed by atoms with E-state index in [0.717, 1.165) is 49.0 Å². The molecule has 0 saturated heterocycles. The first kappa shape index (κ1) is 27.6. The third-order valence-electron chi connectivity index (χ3n) is 10.6. The van der Waals surface area contributed by atoms with E-state index in [1.807, 2.05) is 72.8 Å². The smallest absolute Gasteiger partial charge is 0.160 e. The number of hydrogen-bond donors (Lipinski definition) is 0. The van der Waals surface area contributed by atoms with E-state index in [2.05, 4.69) is 91.0 Å². The van der Waals surface area contributed by atoms with Gasteiger partial charge in [-0.3, -0.25) is 0 Å². The molecule has 0 spiro atoms. The summed E-state index contributed by atoms with van der Waals surface area (Å²) >= 11 is 1.80. The van der Waals surface area contributed by atoms with Crippen molar-refractivity contribution in [2.45, 2.75) is 0 Å². The fourth-order valence-electron chi connectivity index (χ4n) is 7.89. The van der Waals surface area contributed by atoms with E-state index < -0.39 is 0 Å². The summed E-state index contributed by atoms with van der Waals surface area (Å²) in [6.07, 6.45) is 0. The molecule has 55 heavy (non-hydrogen) atoms. The molecule has 0 saturated carbocycles. The van der Waals surface area contributed by atoms with Crippen molar-refractivity contribution in [2.75, 3.05) is 0 Å². The summed E-state index contributed by atoms with van der Waals surface area (Å²) in [7, 11) is 0. The summed E-state index contributed by atoms with van der Waals surface area (Å²) < 4.78 is 40.7. The highest BCUT2D eigenvalue weighted by Gasteiger charge is 2.15. The fraction of sp³-hybridized carbons (Fsp3) is 0. The summed E-state index contributed by atoms with van der Waals surface area (Å²) in [4.78, 5) is 9.96. The lowest BCUT2D eigenvalue weighted by molar-refractivity contribution is 1.18. The maximum Gasteiger partial charge on any atom is 0.160 e. The predicted molar refractivity (Wildman–Crippen MR) is 235 cm³/mol. The first-order chi connectivity index (χ1) is 28.9. The van der Waals surface area contributed by atoms with Gasteiger partial charge in [-0.1, -0.05) is 176 Å². The Kier molecular flexibility index (Phi) is 6.47. The van der Waals surface area contributed by atoms with Gasteiger partial charge in [0.05, 0.1) is 16.9 Å². The monoisotopic (exact) mass is 720 g/mol. The van der Waals surface area contributed by atoms with Gasteiger partial charge in [-0.2, -0.15) is 0 Å². The van der Waals surface area contributed by atoms with Gasteiger partial charge in [0.2, 0.25) is 0 Å².